The first-order chi connectivity index (χ1) is 10.1. The summed E-state index contributed by atoms with van der Waals surface area (Å²) in [4.78, 5) is 17.3. The maximum Gasteiger partial charge on any atom is 0.219 e. The first-order valence-corrected chi connectivity index (χ1v) is 7.04. The molecule has 0 saturated heterocycles. The molecule has 0 aliphatic heterocycles. The molecule has 21 heavy (non-hydrogen) atoms. The van der Waals surface area contributed by atoms with Crippen molar-refractivity contribution in [2.75, 3.05) is 12.4 Å². The Hall–Kier alpha value is -2.36. The van der Waals surface area contributed by atoms with Crippen molar-refractivity contribution >= 4 is 11.6 Å². The highest BCUT2D eigenvalue weighted by Crippen LogP contribution is 2.19. The molecule has 0 saturated carbocycles. The molecule has 2 rings (SSSR count). The van der Waals surface area contributed by atoms with Crippen molar-refractivity contribution < 1.29 is 4.79 Å². The highest BCUT2D eigenvalue weighted by Gasteiger charge is 2.07. The molecule has 1 unspecified atom stereocenters. The fourth-order valence-electron chi connectivity index (χ4n) is 2.10. The maximum atomic E-state index is 11.3. The Morgan fingerprint density at radius 1 is 1.29 bits per heavy atom. The zero-order valence-corrected chi connectivity index (χ0v) is 12.7. The lowest BCUT2D eigenvalue weighted by atomic mass is 10.1. The Bertz CT molecular complexity index is 598. The number of aromatic nitrogens is 1. The Morgan fingerprint density at radius 3 is 2.76 bits per heavy atom. The summed E-state index contributed by atoms with van der Waals surface area (Å²) in [5, 5.41) is 3.44. The second-order valence-corrected chi connectivity index (χ2v) is 5.20. The molecule has 1 amide bonds. The van der Waals surface area contributed by atoms with Gasteiger partial charge in [0.25, 0.3) is 0 Å². The molecule has 4 nitrogen and oxygen atoms in total. The molecule has 0 radical (unpaired) electrons. The van der Waals surface area contributed by atoms with E-state index in [1.807, 2.05) is 36.4 Å². The van der Waals surface area contributed by atoms with Crippen LogP contribution in [0.15, 0.2) is 48.7 Å². The third-order valence-electron chi connectivity index (χ3n) is 3.40. The standard InChI is InChI=1S/C17H21N3O/c1-13(17-9-4-5-10-18-17)19-16-8-6-7-15(11-16)12-20(3)14(2)21/h4-11,13,19H,12H2,1-3H3. The molecule has 0 bridgehead atoms. The largest absolute Gasteiger partial charge is 0.377 e. The Balaban J connectivity index is 2.06. The fourth-order valence-corrected chi connectivity index (χ4v) is 2.10. The van der Waals surface area contributed by atoms with Crippen LogP contribution in [0.4, 0.5) is 5.69 Å². The summed E-state index contributed by atoms with van der Waals surface area (Å²) in [6.45, 7) is 4.27. The van der Waals surface area contributed by atoms with Crippen LogP contribution in [0.1, 0.15) is 31.1 Å². The molecule has 1 atom stereocenters. The van der Waals surface area contributed by atoms with Gasteiger partial charge in [-0.25, -0.2) is 0 Å². The molecule has 4 heteroatoms. The average Bonchev–Trinajstić information content (AvgIpc) is 2.48. The first kappa shape index (κ1) is 15.0. The Labute approximate surface area is 125 Å². The van der Waals surface area contributed by atoms with Crippen molar-refractivity contribution in [2.45, 2.75) is 26.4 Å². The van der Waals surface area contributed by atoms with Crippen LogP contribution >= 0.6 is 0 Å². The van der Waals surface area contributed by atoms with E-state index >= 15 is 0 Å². The van der Waals surface area contributed by atoms with Gasteiger partial charge < -0.3 is 10.2 Å². The van der Waals surface area contributed by atoms with Crippen LogP contribution in [-0.2, 0) is 11.3 Å². The van der Waals surface area contributed by atoms with Crippen molar-refractivity contribution in [1.29, 1.82) is 0 Å². The molecule has 110 valence electrons. The van der Waals surface area contributed by atoms with E-state index in [-0.39, 0.29) is 11.9 Å². The van der Waals surface area contributed by atoms with Crippen LogP contribution in [0.5, 0.6) is 0 Å². The summed E-state index contributed by atoms with van der Waals surface area (Å²) in [6, 6.07) is 14.1. The predicted molar refractivity (Wildman–Crippen MR) is 84.9 cm³/mol. The summed E-state index contributed by atoms with van der Waals surface area (Å²) in [5.74, 6) is 0.0650. The minimum Gasteiger partial charge on any atom is -0.377 e. The highest BCUT2D eigenvalue weighted by molar-refractivity contribution is 5.72. The summed E-state index contributed by atoms with van der Waals surface area (Å²) >= 11 is 0. The second kappa shape index (κ2) is 6.88. The minimum atomic E-state index is 0.0650. The summed E-state index contributed by atoms with van der Waals surface area (Å²) in [5.41, 5.74) is 3.14. The van der Waals surface area contributed by atoms with Gasteiger partial charge in [-0.15, -0.1) is 0 Å². The SMILES string of the molecule is CC(=O)N(C)Cc1cccc(NC(C)c2ccccn2)c1. The number of hydrogen-bond donors (Lipinski definition) is 1. The van der Waals surface area contributed by atoms with Crippen molar-refractivity contribution in [2.24, 2.45) is 0 Å². The normalized spacial score (nSPS) is 11.8. The average molecular weight is 283 g/mol. The number of carbonyl (C=O) groups excluding carboxylic acids is 1. The van der Waals surface area contributed by atoms with Crippen molar-refractivity contribution in [3.05, 3.63) is 59.9 Å². The fraction of sp³-hybridized carbons (Fsp3) is 0.294. The molecule has 0 aliphatic rings. The molecule has 0 spiro atoms. The summed E-state index contributed by atoms with van der Waals surface area (Å²) in [7, 11) is 1.80. The third kappa shape index (κ3) is 4.31. The van der Waals surface area contributed by atoms with Gasteiger partial charge in [-0.1, -0.05) is 18.2 Å². The molecule has 1 aromatic heterocycles. The molecule has 1 aromatic carbocycles. The van der Waals surface area contributed by atoms with E-state index < -0.39 is 0 Å². The number of amides is 1. The quantitative estimate of drug-likeness (QED) is 0.916. The van der Waals surface area contributed by atoms with Crippen molar-refractivity contribution in [1.82, 2.24) is 9.88 Å². The molecule has 0 fully saturated rings. The number of anilines is 1. The number of nitrogens with zero attached hydrogens (tertiary/aromatic N) is 2. The van der Waals surface area contributed by atoms with Gasteiger partial charge in [0.15, 0.2) is 0 Å². The Kier molecular flexibility index (Phi) is 4.93. The van der Waals surface area contributed by atoms with Crippen molar-refractivity contribution in [3.8, 4) is 0 Å². The van der Waals surface area contributed by atoms with Crippen LogP contribution in [0.2, 0.25) is 0 Å². The smallest absolute Gasteiger partial charge is 0.219 e. The molecular formula is C17H21N3O. The number of carbonyl (C=O) groups is 1. The maximum absolute atomic E-state index is 11.3. The van der Waals surface area contributed by atoms with Crippen molar-refractivity contribution in [3.63, 3.8) is 0 Å². The van der Waals surface area contributed by atoms with Gasteiger partial charge in [0.05, 0.1) is 11.7 Å². The van der Waals surface area contributed by atoms with Crippen LogP contribution < -0.4 is 5.32 Å². The Morgan fingerprint density at radius 2 is 2.10 bits per heavy atom. The van der Waals surface area contributed by atoms with Gasteiger partial charge in [-0.2, -0.15) is 0 Å². The van der Waals surface area contributed by atoms with E-state index in [0.717, 1.165) is 16.9 Å². The highest BCUT2D eigenvalue weighted by atomic mass is 16.2. The van der Waals surface area contributed by atoms with Crippen LogP contribution in [0.3, 0.4) is 0 Å². The van der Waals surface area contributed by atoms with Gasteiger partial charge in [0, 0.05) is 32.4 Å². The molecule has 1 heterocycles. The van der Waals surface area contributed by atoms with E-state index in [9.17, 15) is 4.79 Å². The monoisotopic (exact) mass is 283 g/mol. The van der Waals surface area contributed by atoms with E-state index in [4.69, 9.17) is 0 Å². The van der Waals surface area contributed by atoms with E-state index in [1.54, 1.807) is 25.1 Å². The third-order valence-corrected chi connectivity index (χ3v) is 3.40. The van der Waals surface area contributed by atoms with Gasteiger partial charge in [-0.3, -0.25) is 9.78 Å². The van der Waals surface area contributed by atoms with Gasteiger partial charge >= 0.3 is 0 Å². The topological polar surface area (TPSA) is 45.2 Å². The van der Waals surface area contributed by atoms with E-state index in [2.05, 4.69) is 23.3 Å². The lowest BCUT2D eigenvalue weighted by Gasteiger charge is -2.18. The molecule has 2 aromatic rings. The first-order valence-electron chi connectivity index (χ1n) is 7.04. The number of nitrogens with one attached hydrogen (secondary N) is 1. The zero-order valence-electron chi connectivity index (χ0n) is 12.7. The van der Waals surface area contributed by atoms with E-state index in [1.165, 1.54) is 0 Å². The number of benzene rings is 1. The molecule has 0 aliphatic carbocycles. The summed E-state index contributed by atoms with van der Waals surface area (Å²) < 4.78 is 0. The van der Waals surface area contributed by atoms with Gasteiger partial charge in [0.1, 0.15) is 0 Å². The molecule has 1 N–H and O–H groups in total. The predicted octanol–water partition coefficient (Wildman–Crippen LogP) is 3.23. The summed E-state index contributed by atoms with van der Waals surface area (Å²) in [6.07, 6.45) is 1.80. The lowest BCUT2D eigenvalue weighted by molar-refractivity contribution is -0.128. The lowest BCUT2D eigenvalue weighted by Crippen LogP contribution is -2.23. The van der Waals surface area contributed by atoms with Crippen LogP contribution in [0.25, 0.3) is 0 Å². The number of pyridine rings is 1. The van der Waals surface area contributed by atoms with Crippen LogP contribution in [-0.4, -0.2) is 22.8 Å². The number of rotatable bonds is 5. The molecular weight excluding hydrogens is 262 g/mol. The second-order valence-electron chi connectivity index (χ2n) is 5.20. The van der Waals surface area contributed by atoms with Gasteiger partial charge in [0.2, 0.25) is 5.91 Å². The van der Waals surface area contributed by atoms with Crippen LogP contribution in [0, 0.1) is 0 Å². The van der Waals surface area contributed by atoms with Gasteiger partial charge in [-0.05, 0) is 36.8 Å². The minimum absolute atomic E-state index is 0.0650. The zero-order chi connectivity index (χ0) is 15.2. The number of hydrogen-bond acceptors (Lipinski definition) is 3. The van der Waals surface area contributed by atoms with E-state index in [0.29, 0.717) is 6.54 Å².